The van der Waals surface area contributed by atoms with Gasteiger partial charge in [0.05, 0.1) is 30.3 Å². The number of imidazole rings is 1. The topological polar surface area (TPSA) is 58.2 Å². The zero-order valence-corrected chi connectivity index (χ0v) is 16.1. The molecular weight excluding hydrogens is 353 g/mol. The second kappa shape index (κ2) is 8.12. The number of hydrogen-bond donors (Lipinski definition) is 1. The summed E-state index contributed by atoms with van der Waals surface area (Å²) >= 11 is 1.55. The van der Waals surface area contributed by atoms with Crippen molar-refractivity contribution >= 4 is 17.7 Å². The number of likely N-dealkylation sites (tertiary alicyclic amines) is 1. The van der Waals surface area contributed by atoms with E-state index in [-0.39, 0.29) is 23.0 Å². The van der Waals surface area contributed by atoms with Crippen LogP contribution in [0, 0.1) is 5.82 Å². The fourth-order valence-corrected chi connectivity index (χ4v) is 3.64. The molecule has 5 nitrogen and oxygen atoms in total. The van der Waals surface area contributed by atoms with E-state index in [0.717, 1.165) is 31.6 Å². The van der Waals surface area contributed by atoms with Crippen LogP contribution in [0.5, 0.6) is 5.75 Å². The van der Waals surface area contributed by atoms with Crippen LogP contribution in [0.2, 0.25) is 0 Å². The van der Waals surface area contributed by atoms with Crippen LogP contribution >= 0.6 is 11.8 Å². The second-order valence-corrected chi connectivity index (χ2v) is 7.63. The van der Waals surface area contributed by atoms with Crippen LogP contribution in [0.25, 0.3) is 11.3 Å². The van der Waals surface area contributed by atoms with Gasteiger partial charge in [0, 0.05) is 18.2 Å². The molecule has 0 radical (unpaired) electrons. The van der Waals surface area contributed by atoms with E-state index >= 15 is 0 Å². The van der Waals surface area contributed by atoms with E-state index in [4.69, 9.17) is 4.74 Å². The molecule has 0 bridgehead atoms. The number of rotatable bonds is 5. The molecule has 26 heavy (non-hydrogen) atoms. The molecule has 140 valence electrons. The summed E-state index contributed by atoms with van der Waals surface area (Å²) in [6.07, 6.45) is 6.50. The number of aromatic amines is 1. The number of halogens is 1. The monoisotopic (exact) mass is 377 g/mol. The van der Waals surface area contributed by atoms with E-state index in [1.807, 2.05) is 18.1 Å². The fraction of sp³-hybridized carbons (Fsp3) is 0.474. The van der Waals surface area contributed by atoms with Crippen molar-refractivity contribution < 1.29 is 13.9 Å². The minimum Gasteiger partial charge on any atom is -0.497 e. The molecule has 0 spiro atoms. The molecule has 1 aromatic heterocycles. The van der Waals surface area contributed by atoms with Gasteiger partial charge in [0.1, 0.15) is 17.4 Å². The van der Waals surface area contributed by atoms with E-state index in [0.29, 0.717) is 17.0 Å². The molecule has 1 saturated heterocycles. The smallest absolute Gasteiger partial charge is 0.236 e. The number of carbonyl (C=O) groups excluding carboxylic acids is 1. The highest BCUT2D eigenvalue weighted by molar-refractivity contribution is 7.99. The van der Waals surface area contributed by atoms with Gasteiger partial charge in [-0.1, -0.05) is 0 Å². The summed E-state index contributed by atoms with van der Waals surface area (Å²) in [6.45, 7) is 2.67. The molecule has 1 amide bonds. The Hall–Kier alpha value is -2.02. The number of thioether (sulfide) groups is 1. The molecule has 7 heteroatoms. The van der Waals surface area contributed by atoms with Gasteiger partial charge in [-0.2, -0.15) is 11.8 Å². The Morgan fingerprint density at radius 3 is 2.96 bits per heavy atom. The predicted octanol–water partition coefficient (Wildman–Crippen LogP) is 4.03. The highest BCUT2D eigenvalue weighted by atomic mass is 32.2. The van der Waals surface area contributed by atoms with Gasteiger partial charge in [0.2, 0.25) is 5.91 Å². The average Bonchev–Trinajstić information content (AvgIpc) is 3.16. The van der Waals surface area contributed by atoms with Crippen LogP contribution in [0.3, 0.4) is 0 Å². The number of aromatic nitrogens is 2. The molecule has 2 aromatic rings. The molecule has 2 atom stereocenters. The first kappa shape index (κ1) is 18.8. The Morgan fingerprint density at radius 2 is 2.27 bits per heavy atom. The van der Waals surface area contributed by atoms with Crippen LogP contribution in [0.4, 0.5) is 4.39 Å². The molecule has 2 heterocycles. The summed E-state index contributed by atoms with van der Waals surface area (Å²) in [5.41, 5.74) is 1.05. The number of ether oxygens (including phenoxy) is 1. The standard InChI is InChI=1S/C19H24FN3O2S/c1-12(26-3)19(24)23-9-5-4-6-17(23)18-21-11-16(22-18)14-8-7-13(25-2)10-15(14)20/h7-8,10-12,17H,4-6,9H2,1-3H3,(H,21,22). The molecule has 0 aliphatic carbocycles. The molecule has 1 fully saturated rings. The van der Waals surface area contributed by atoms with Gasteiger partial charge in [0.15, 0.2) is 0 Å². The van der Waals surface area contributed by atoms with E-state index in [1.165, 1.54) is 13.2 Å². The number of nitrogens with one attached hydrogen (secondary N) is 1. The first-order valence-electron chi connectivity index (χ1n) is 8.77. The Morgan fingerprint density at radius 1 is 1.46 bits per heavy atom. The number of piperidine rings is 1. The summed E-state index contributed by atoms with van der Waals surface area (Å²) in [7, 11) is 1.51. The van der Waals surface area contributed by atoms with Gasteiger partial charge in [-0.15, -0.1) is 0 Å². The zero-order chi connectivity index (χ0) is 18.7. The van der Waals surface area contributed by atoms with Gasteiger partial charge in [0.25, 0.3) is 0 Å². The summed E-state index contributed by atoms with van der Waals surface area (Å²) in [5.74, 6) is 0.959. The van der Waals surface area contributed by atoms with Crippen molar-refractivity contribution in [3.63, 3.8) is 0 Å². The van der Waals surface area contributed by atoms with Crippen molar-refractivity contribution in [2.45, 2.75) is 37.5 Å². The largest absolute Gasteiger partial charge is 0.497 e. The molecule has 1 aliphatic heterocycles. The highest BCUT2D eigenvalue weighted by Gasteiger charge is 2.32. The fourth-order valence-electron chi connectivity index (χ4n) is 3.30. The van der Waals surface area contributed by atoms with Crippen LogP contribution in [-0.4, -0.2) is 45.9 Å². The summed E-state index contributed by atoms with van der Waals surface area (Å²) in [4.78, 5) is 22.3. The van der Waals surface area contributed by atoms with Crippen molar-refractivity contribution in [2.24, 2.45) is 0 Å². The predicted molar refractivity (Wildman–Crippen MR) is 102 cm³/mol. The van der Waals surface area contributed by atoms with Crippen molar-refractivity contribution in [1.29, 1.82) is 0 Å². The second-order valence-electron chi connectivity index (χ2n) is 6.45. The van der Waals surface area contributed by atoms with Crippen molar-refractivity contribution in [1.82, 2.24) is 14.9 Å². The van der Waals surface area contributed by atoms with Crippen LogP contribution in [0.15, 0.2) is 24.4 Å². The molecule has 1 aliphatic rings. The lowest BCUT2D eigenvalue weighted by Gasteiger charge is -2.36. The number of nitrogens with zero attached hydrogens (tertiary/aromatic N) is 2. The highest BCUT2D eigenvalue weighted by Crippen LogP contribution is 2.33. The molecular formula is C19H24FN3O2S. The number of hydrogen-bond acceptors (Lipinski definition) is 4. The zero-order valence-electron chi connectivity index (χ0n) is 15.3. The van der Waals surface area contributed by atoms with Gasteiger partial charge >= 0.3 is 0 Å². The van der Waals surface area contributed by atoms with Crippen molar-refractivity contribution in [2.75, 3.05) is 19.9 Å². The molecule has 1 N–H and O–H groups in total. The number of H-pyrrole nitrogens is 1. The normalized spacial score (nSPS) is 18.6. The van der Waals surface area contributed by atoms with E-state index < -0.39 is 0 Å². The number of amides is 1. The van der Waals surface area contributed by atoms with Crippen LogP contribution < -0.4 is 4.74 Å². The number of benzene rings is 1. The minimum atomic E-state index is -0.368. The molecule has 2 unspecified atom stereocenters. The third kappa shape index (κ3) is 3.72. The van der Waals surface area contributed by atoms with Crippen LogP contribution in [-0.2, 0) is 4.79 Å². The third-order valence-corrected chi connectivity index (χ3v) is 5.77. The maximum absolute atomic E-state index is 14.3. The number of carbonyl (C=O) groups is 1. The maximum atomic E-state index is 14.3. The molecule has 1 aromatic carbocycles. The Labute approximate surface area is 157 Å². The van der Waals surface area contributed by atoms with E-state index in [1.54, 1.807) is 30.1 Å². The third-order valence-electron chi connectivity index (χ3n) is 4.86. The van der Waals surface area contributed by atoms with Gasteiger partial charge in [-0.25, -0.2) is 9.37 Å². The molecule has 3 rings (SSSR count). The van der Waals surface area contributed by atoms with E-state index in [2.05, 4.69) is 9.97 Å². The van der Waals surface area contributed by atoms with Crippen LogP contribution in [0.1, 0.15) is 38.1 Å². The quantitative estimate of drug-likeness (QED) is 0.855. The van der Waals surface area contributed by atoms with Crippen molar-refractivity contribution in [3.05, 3.63) is 36.0 Å². The number of methoxy groups -OCH3 is 1. The SMILES string of the molecule is COc1ccc(-c2cnc(C3CCCCN3C(=O)C(C)SC)[nH]2)c(F)c1. The first-order chi connectivity index (χ1) is 12.5. The lowest BCUT2D eigenvalue weighted by atomic mass is 10.0. The van der Waals surface area contributed by atoms with Gasteiger partial charge in [-0.05, 0) is 44.6 Å². The van der Waals surface area contributed by atoms with Crippen molar-refractivity contribution in [3.8, 4) is 17.0 Å². The summed E-state index contributed by atoms with van der Waals surface area (Å²) < 4.78 is 19.4. The average molecular weight is 377 g/mol. The maximum Gasteiger partial charge on any atom is 0.236 e. The Bertz CT molecular complexity index is 780. The Kier molecular flexibility index (Phi) is 5.86. The summed E-state index contributed by atoms with van der Waals surface area (Å²) in [6, 6.07) is 4.66. The van der Waals surface area contributed by atoms with E-state index in [9.17, 15) is 9.18 Å². The van der Waals surface area contributed by atoms with Gasteiger partial charge < -0.3 is 14.6 Å². The molecule has 0 saturated carbocycles. The lowest BCUT2D eigenvalue weighted by molar-refractivity contribution is -0.134. The summed E-state index contributed by atoms with van der Waals surface area (Å²) in [5, 5.41) is -0.0796. The Balaban J connectivity index is 1.87. The lowest BCUT2D eigenvalue weighted by Crippen LogP contribution is -2.42. The van der Waals surface area contributed by atoms with Gasteiger partial charge in [-0.3, -0.25) is 4.79 Å². The minimum absolute atomic E-state index is 0.0796. The first-order valence-corrected chi connectivity index (χ1v) is 10.1.